The third kappa shape index (κ3) is 3.96. The van der Waals surface area contributed by atoms with Gasteiger partial charge in [0.2, 0.25) is 0 Å². The van der Waals surface area contributed by atoms with E-state index in [4.69, 9.17) is 15.0 Å². The number of fused-ring (bicyclic) bond motifs is 4. The van der Waals surface area contributed by atoms with Crippen molar-refractivity contribution in [2.75, 3.05) is 0 Å². The van der Waals surface area contributed by atoms with Crippen LogP contribution in [-0.4, -0.2) is 33.4 Å². The number of aliphatic hydroxyl groups excluding tert-OH is 1. The minimum absolute atomic E-state index is 0.0313. The summed E-state index contributed by atoms with van der Waals surface area (Å²) in [6.45, 7) is 14.9. The summed E-state index contributed by atoms with van der Waals surface area (Å²) in [6, 6.07) is 0. The molecular formula is C24H42O5. The molecule has 3 N–H and O–H groups in total. The predicted octanol–water partition coefficient (Wildman–Crippen LogP) is 5.21. The number of hydrogen-bond donors (Lipinski definition) is 3. The Kier molecular flexibility index (Phi) is 6.56. The van der Waals surface area contributed by atoms with Gasteiger partial charge in [0.1, 0.15) is 0 Å². The molecule has 0 aromatic heterocycles. The molecule has 0 aliphatic heterocycles. The normalized spacial score (nSPS) is 42.5. The van der Waals surface area contributed by atoms with Crippen molar-refractivity contribution in [1.82, 2.24) is 0 Å². The van der Waals surface area contributed by atoms with E-state index >= 15 is 0 Å². The van der Waals surface area contributed by atoms with Crippen molar-refractivity contribution in [3.63, 3.8) is 0 Å². The molecule has 0 radical (unpaired) electrons. The van der Waals surface area contributed by atoms with Gasteiger partial charge < -0.3 is 15.3 Å². The van der Waals surface area contributed by atoms with Crippen LogP contribution in [0.2, 0.25) is 0 Å². The van der Waals surface area contributed by atoms with E-state index in [9.17, 15) is 9.90 Å². The second-order valence-electron chi connectivity index (χ2n) is 11.6. The van der Waals surface area contributed by atoms with Crippen LogP contribution in [0.1, 0.15) is 93.4 Å². The van der Waals surface area contributed by atoms with Gasteiger partial charge >= 0.3 is 5.97 Å². The molecule has 4 rings (SSSR count). The van der Waals surface area contributed by atoms with Crippen molar-refractivity contribution in [3.8, 4) is 0 Å². The lowest BCUT2D eigenvalue weighted by molar-refractivity contribution is -0.139. The number of carbonyl (C=O) groups is 2. The molecule has 0 aromatic rings. The Morgan fingerprint density at radius 1 is 0.828 bits per heavy atom. The molecule has 0 saturated heterocycles. The Bertz CT molecular complexity index is 635. The molecule has 4 fully saturated rings. The highest BCUT2D eigenvalue weighted by Gasteiger charge is 2.61. The minimum Gasteiger partial charge on any atom is -0.481 e. The molecule has 6 atom stereocenters. The lowest BCUT2D eigenvalue weighted by atomic mass is 9.66. The summed E-state index contributed by atoms with van der Waals surface area (Å²) >= 11 is 0. The summed E-state index contributed by atoms with van der Waals surface area (Å²) in [6.07, 6.45) is 7.61. The van der Waals surface area contributed by atoms with Crippen LogP contribution in [0.5, 0.6) is 0 Å². The van der Waals surface area contributed by atoms with E-state index in [2.05, 4.69) is 41.5 Å². The summed E-state index contributed by atoms with van der Waals surface area (Å²) in [5.41, 5.74) is 1.23. The SMILES string of the molecule is CC(=O)O.CC1(C)C2CCC1(C)C(CC(=O)O)C2.CC1(C)C2CCC1(C)C(O)C2. The van der Waals surface area contributed by atoms with E-state index in [-0.39, 0.29) is 16.9 Å². The van der Waals surface area contributed by atoms with Gasteiger partial charge in [0.15, 0.2) is 0 Å². The molecule has 4 aliphatic carbocycles. The summed E-state index contributed by atoms with van der Waals surface area (Å²) < 4.78 is 0. The van der Waals surface area contributed by atoms with Crippen molar-refractivity contribution in [1.29, 1.82) is 0 Å². The molecule has 5 nitrogen and oxygen atoms in total. The maximum atomic E-state index is 10.8. The Morgan fingerprint density at radius 2 is 1.24 bits per heavy atom. The first-order valence-corrected chi connectivity index (χ1v) is 11.2. The van der Waals surface area contributed by atoms with Crippen LogP contribution in [-0.2, 0) is 9.59 Å². The van der Waals surface area contributed by atoms with Gasteiger partial charge in [-0.2, -0.15) is 0 Å². The monoisotopic (exact) mass is 410 g/mol. The van der Waals surface area contributed by atoms with E-state index in [1.165, 1.54) is 25.7 Å². The lowest BCUT2D eigenvalue weighted by Crippen LogP contribution is -2.35. The average molecular weight is 411 g/mol. The van der Waals surface area contributed by atoms with Gasteiger partial charge in [0.05, 0.1) is 6.10 Å². The van der Waals surface area contributed by atoms with Gasteiger partial charge in [-0.05, 0) is 77.9 Å². The maximum absolute atomic E-state index is 10.8. The second kappa shape index (κ2) is 7.86. The third-order valence-corrected chi connectivity index (χ3v) is 10.1. The van der Waals surface area contributed by atoms with Crippen molar-refractivity contribution < 1.29 is 24.9 Å². The number of rotatable bonds is 2. The number of aliphatic hydroxyl groups is 1. The molecule has 29 heavy (non-hydrogen) atoms. The smallest absolute Gasteiger partial charge is 0.303 e. The highest BCUT2D eigenvalue weighted by Crippen LogP contribution is 2.68. The Morgan fingerprint density at radius 3 is 1.45 bits per heavy atom. The van der Waals surface area contributed by atoms with Crippen LogP contribution in [0.25, 0.3) is 0 Å². The highest BCUT2D eigenvalue weighted by atomic mass is 16.4. The first-order chi connectivity index (χ1) is 13.1. The van der Waals surface area contributed by atoms with E-state index in [0.29, 0.717) is 23.2 Å². The van der Waals surface area contributed by atoms with Gasteiger partial charge in [-0.25, -0.2) is 0 Å². The Hall–Kier alpha value is -1.10. The van der Waals surface area contributed by atoms with Gasteiger partial charge in [-0.1, -0.05) is 41.5 Å². The zero-order valence-corrected chi connectivity index (χ0v) is 19.4. The Balaban J connectivity index is 0.000000179. The molecule has 0 spiro atoms. The standard InChI is InChI=1S/C12H20O2.C10H18O.C2H4O2/c1-11(2)8-4-5-12(11,3)9(6-8)7-10(13)14;1-9(2)7-4-5-10(9,3)8(11)6-7;1-2(3)4/h8-9H,4-7H2,1-3H3,(H,13,14);7-8,11H,4-6H2,1-3H3;1H3,(H,3,4). The van der Waals surface area contributed by atoms with Crippen molar-refractivity contribution >= 4 is 11.9 Å². The topological polar surface area (TPSA) is 94.8 Å². The first-order valence-electron chi connectivity index (χ1n) is 11.2. The number of hydrogen-bond acceptors (Lipinski definition) is 3. The molecule has 4 bridgehead atoms. The zero-order valence-electron chi connectivity index (χ0n) is 19.4. The largest absolute Gasteiger partial charge is 0.481 e. The molecule has 168 valence electrons. The Labute approximate surface area is 176 Å². The van der Waals surface area contributed by atoms with Crippen LogP contribution in [0, 0.1) is 39.4 Å². The molecular weight excluding hydrogens is 368 g/mol. The number of carboxylic acid groups (broad SMARTS) is 2. The van der Waals surface area contributed by atoms with Crippen LogP contribution in [0.3, 0.4) is 0 Å². The van der Waals surface area contributed by atoms with E-state index < -0.39 is 11.9 Å². The van der Waals surface area contributed by atoms with E-state index in [1.54, 1.807) is 0 Å². The molecule has 0 amide bonds. The zero-order chi connectivity index (χ0) is 22.4. The molecule has 5 heteroatoms. The summed E-state index contributed by atoms with van der Waals surface area (Å²) in [7, 11) is 0. The molecule has 6 unspecified atom stereocenters. The fourth-order valence-electron chi connectivity index (χ4n) is 7.05. The lowest BCUT2D eigenvalue weighted by Gasteiger charge is -2.38. The quantitative estimate of drug-likeness (QED) is 0.581. The van der Waals surface area contributed by atoms with E-state index in [0.717, 1.165) is 31.6 Å². The summed E-state index contributed by atoms with van der Waals surface area (Å²) in [5, 5.41) is 26.1. The molecule has 0 heterocycles. The molecule has 0 aromatic carbocycles. The van der Waals surface area contributed by atoms with Crippen LogP contribution < -0.4 is 0 Å². The second-order valence-corrected chi connectivity index (χ2v) is 11.6. The minimum atomic E-state index is -0.833. The molecule has 4 aliphatic rings. The highest BCUT2D eigenvalue weighted by molar-refractivity contribution is 5.67. The van der Waals surface area contributed by atoms with E-state index in [1.807, 2.05) is 0 Å². The summed E-state index contributed by atoms with van der Waals surface area (Å²) in [4.78, 5) is 19.8. The number of aliphatic carboxylic acids is 2. The van der Waals surface area contributed by atoms with Crippen LogP contribution in [0.4, 0.5) is 0 Å². The van der Waals surface area contributed by atoms with Gasteiger partial charge in [-0.3, -0.25) is 9.59 Å². The summed E-state index contributed by atoms with van der Waals surface area (Å²) in [5.74, 6) is 0.493. The van der Waals surface area contributed by atoms with Gasteiger partial charge in [-0.15, -0.1) is 0 Å². The van der Waals surface area contributed by atoms with Crippen molar-refractivity contribution in [2.24, 2.45) is 39.4 Å². The van der Waals surface area contributed by atoms with Crippen molar-refractivity contribution in [2.45, 2.75) is 99.5 Å². The van der Waals surface area contributed by atoms with Gasteiger partial charge in [0, 0.05) is 13.3 Å². The first kappa shape index (κ1) is 24.2. The average Bonchev–Trinajstić information content (AvgIpc) is 3.06. The van der Waals surface area contributed by atoms with Crippen molar-refractivity contribution in [3.05, 3.63) is 0 Å². The number of carboxylic acids is 2. The van der Waals surface area contributed by atoms with Crippen LogP contribution in [0.15, 0.2) is 0 Å². The predicted molar refractivity (Wildman–Crippen MR) is 114 cm³/mol. The molecule has 4 saturated carbocycles. The third-order valence-electron chi connectivity index (χ3n) is 10.1. The fraction of sp³-hybridized carbons (Fsp3) is 0.917. The van der Waals surface area contributed by atoms with Crippen LogP contribution >= 0.6 is 0 Å². The van der Waals surface area contributed by atoms with Gasteiger partial charge in [0.25, 0.3) is 5.97 Å². The maximum Gasteiger partial charge on any atom is 0.303 e. The fourth-order valence-corrected chi connectivity index (χ4v) is 7.05.